The van der Waals surface area contributed by atoms with Crippen molar-refractivity contribution in [2.45, 2.75) is 233 Å². The Labute approximate surface area is 281 Å². The second-order valence-corrected chi connectivity index (χ2v) is 96.8. The van der Waals surface area contributed by atoms with Crippen molar-refractivity contribution >= 4 is 50.4 Å². The summed E-state index contributed by atoms with van der Waals surface area (Å²) in [5.41, 5.74) is 0. The zero-order valence-electron chi connectivity index (χ0n) is 35.5. The molecule has 0 aromatic carbocycles. The van der Waals surface area contributed by atoms with Gasteiger partial charge in [0, 0.05) is 15.2 Å². The number of rotatable bonds is 4. The van der Waals surface area contributed by atoms with E-state index < -0.39 is 50.4 Å². The first-order valence-corrected chi connectivity index (χ1v) is 39.8. The quantitative estimate of drug-likeness (QED) is 0.255. The molecule has 0 unspecified atom stereocenters. The molecule has 0 saturated carbocycles. The van der Waals surface area contributed by atoms with E-state index in [9.17, 15) is 0 Å². The van der Waals surface area contributed by atoms with Gasteiger partial charge in [0.15, 0.2) is 0 Å². The lowest BCUT2D eigenvalue weighted by Crippen LogP contribution is -2.83. The van der Waals surface area contributed by atoms with Crippen molar-refractivity contribution in [3.05, 3.63) is 0 Å². The Morgan fingerprint density at radius 2 is 0.419 bits per heavy atom. The lowest BCUT2D eigenvalue weighted by atomic mass is 10.2. The maximum atomic E-state index is 3.03. The summed E-state index contributed by atoms with van der Waals surface area (Å²) in [6.45, 7) is 77.3. The van der Waals surface area contributed by atoms with Gasteiger partial charge in [0.1, 0.15) is 0 Å². The molecule has 0 atom stereocenters. The topological polar surface area (TPSA) is 0 Å². The molecule has 0 aromatic heterocycles. The van der Waals surface area contributed by atoms with Crippen LogP contribution in [0.3, 0.4) is 0 Å². The highest BCUT2D eigenvalue weighted by Gasteiger charge is 2.87. The molecule has 0 spiro atoms. The van der Waals surface area contributed by atoms with E-state index in [1.807, 2.05) is 0 Å². The van der Waals surface area contributed by atoms with Gasteiger partial charge in [0.25, 0.3) is 0 Å². The molecule has 1 heterocycles. The minimum absolute atomic E-state index is 0.390. The number of hydrogen-bond donors (Lipinski definition) is 0. The van der Waals surface area contributed by atoms with Crippen LogP contribution in [0.15, 0.2) is 0 Å². The molecule has 43 heavy (non-hydrogen) atoms. The van der Waals surface area contributed by atoms with Gasteiger partial charge in [-0.15, -0.1) is 0 Å². The van der Waals surface area contributed by atoms with E-state index in [2.05, 4.69) is 192 Å². The molecule has 0 fully saturated rings. The third-order valence-electron chi connectivity index (χ3n) is 14.1. The summed E-state index contributed by atoms with van der Waals surface area (Å²) in [5, 5.41) is 3.23. The largest absolute Gasteiger partial charge is 0.0716 e. The summed E-state index contributed by atoms with van der Waals surface area (Å²) < 4.78 is 0. The minimum Gasteiger partial charge on any atom is -0.0711 e. The first-order valence-electron chi connectivity index (χ1n) is 17.8. The molecule has 1 aliphatic rings. The van der Waals surface area contributed by atoms with E-state index in [-0.39, 0.29) is 0 Å². The van der Waals surface area contributed by atoms with Gasteiger partial charge < -0.3 is 0 Å². The third kappa shape index (κ3) is 5.43. The van der Waals surface area contributed by atoms with Gasteiger partial charge in [-0.3, -0.25) is 0 Å². The van der Waals surface area contributed by atoms with E-state index in [1.165, 1.54) is 0 Å². The first-order chi connectivity index (χ1) is 18.0. The molecule has 0 nitrogen and oxygen atoms in total. The van der Waals surface area contributed by atoms with Crippen LogP contribution in [0.1, 0.15) is 166 Å². The van der Waals surface area contributed by atoms with Gasteiger partial charge in [0.05, 0.1) is 21.3 Å². The van der Waals surface area contributed by atoms with Gasteiger partial charge in [-0.1, -0.05) is 192 Å². The molecule has 0 radical (unpaired) electrons. The van der Waals surface area contributed by atoms with E-state index in [4.69, 9.17) is 0 Å². The van der Waals surface area contributed by atoms with Crippen LogP contribution in [0.2, 0.25) is 66.5 Å². The van der Waals surface area contributed by atoms with Crippen LogP contribution in [0.25, 0.3) is 0 Å². The van der Waals surface area contributed by atoms with Crippen LogP contribution >= 0.6 is 0 Å². The number of hydrogen-bond acceptors (Lipinski definition) is 0. The van der Waals surface area contributed by atoms with Crippen molar-refractivity contribution in [2.24, 2.45) is 0 Å². The fourth-order valence-corrected chi connectivity index (χ4v) is 378. The average Bonchev–Trinajstić information content (AvgIpc) is 3.23. The van der Waals surface area contributed by atoms with E-state index in [1.54, 1.807) is 0 Å². The second kappa shape index (κ2) is 10.8. The van der Waals surface area contributed by atoms with Crippen LogP contribution in [-0.4, -0.2) is 50.4 Å². The molecular formula is C36H84Si7. The third-order valence-corrected chi connectivity index (χ3v) is 190. The zero-order chi connectivity index (χ0) is 35.7. The maximum Gasteiger partial charge on any atom is 0.0716 e. The molecule has 1 aliphatic heterocycles. The summed E-state index contributed by atoms with van der Waals surface area (Å²) >= 11 is 0. The van der Waals surface area contributed by atoms with Crippen molar-refractivity contribution in [3.63, 3.8) is 0 Å². The van der Waals surface area contributed by atoms with Crippen molar-refractivity contribution < 1.29 is 0 Å². The van der Waals surface area contributed by atoms with E-state index >= 15 is 0 Å². The van der Waals surface area contributed by atoms with Gasteiger partial charge in [-0.05, 0) is 54.2 Å². The molecule has 0 bridgehead atoms. The summed E-state index contributed by atoms with van der Waals surface area (Å²) in [5.74, 6) is 0. The first kappa shape index (κ1) is 42.5. The summed E-state index contributed by atoms with van der Waals surface area (Å²) in [7, 11) is -7.40. The maximum absolute atomic E-state index is 3.03. The monoisotopic (exact) mass is 712 g/mol. The Bertz CT molecular complexity index is 922. The van der Waals surface area contributed by atoms with Crippen LogP contribution in [0.4, 0.5) is 0 Å². The van der Waals surface area contributed by atoms with Crippen LogP contribution in [0, 0.1) is 0 Å². The summed E-state index contributed by atoms with van der Waals surface area (Å²) in [6, 6.07) is 0. The Hall–Kier alpha value is 1.52. The lowest BCUT2D eigenvalue weighted by molar-refractivity contribution is 0.554. The normalized spacial score (nSPS) is 19.3. The molecule has 0 aromatic rings. The molecule has 1 rings (SSSR count). The van der Waals surface area contributed by atoms with Gasteiger partial charge in [-0.2, -0.15) is 0 Å². The highest BCUT2D eigenvalue weighted by Crippen LogP contribution is 2.73. The van der Waals surface area contributed by atoms with E-state index in [0.29, 0.717) is 40.3 Å². The van der Waals surface area contributed by atoms with Crippen molar-refractivity contribution in [1.82, 2.24) is 0 Å². The molecule has 256 valence electrons. The predicted molar refractivity (Wildman–Crippen MR) is 221 cm³/mol. The SMILES string of the molecule is CC(C)(C)[Si]([Si]1=[Si]([Si](C(C)(C)C)(C(C)(C)C)C(C)(C)C)[Si]1([Si](C)(C)C(C)(C)C)[Si](C)(C)C(C)(C)C)(C(C)(C)C)C(C)(C)C. The zero-order valence-corrected chi connectivity index (χ0v) is 42.5. The second-order valence-electron chi connectivity index (χ2n) is 24.2. The van der Waals surface area contributed by atoms with Gasteiger partial charge in [-0.25, -0.2) is 0 Å². The molecule has 0 amide bonds. The van der Waals surface area contributed by atoms with Gasteiger partial charge in [0.2, 0.25) is 0 Å². The fourth-order valence-electron chi connectivity index (χ4n) is 13.4. The minimum atomic E-state index is -1.98. The highest BCUT2D eigenvalue weighted by atomic mass is 30.5. The molecule has 0 N–H and O–H groups in total. The molecular weight excluding hydrogens is 629 g/mol. The van der Waals surface area contributed by atoms with Crippen molar-refractivity contribution in [1.29, 1.82) is 0 Å². The standard InChI is InChI=1S/C36H84Si7/c1-29(2,3)39(25,26)43(40(27,28)30(4,5)6)37(41(31(7,8)9,32(10,11)12)33(13,14)15)38(43)42(34(16,17)18,35(19,20)21)36(22,23)24/h1-28H3. The Morgan fingerprint density at radius 1 is 0.279 bits per heavy atom. The van der Waals surface area contributed by atoms with Crippen LogP contribution in [0.5, 0.6) is 0 Å². The van der Waals surface area contributed by atoms with E-state index in [0.717, 1.165) is 0 Å². The van der Waals surface area contributed by atoms with Crippen LogP contribution in [-0.2, 0) is 0 Å². The fraction of sp³-hybridized carbons (Fsp3) is 1.00. The lowest BCUT2D eigenvalue weighted by Gasteiger charge is -2.65. The average molecular weight is 714 g/mol. The highest BCUT2D eigenvalue weighted by molar-refractivity contribution is 8.30. The van der Waals surface area contributed by atoms with Crippen molar-refractivity contribution in [3.8, 4) is 0 Å². The summed E-state index contributed by atoms with van der Waals surface area (Å²) in [4.78, 5) is 0. The van der Waals surface area contributed by atoms with Crippen LogP contribution < -0.4 is 0 Å². The Kier molecular flexibility index (Phi) is 10.6. The van der Waals surface area contributed by atoms with Gasteiger partial charge >= 0.3 is 0 Å². The summed E-state index contributed by atoms with van der Waals surface area (Å²) in [6.07, 6.45) is -1.76. The Morgan fingerprint density at radius 3 is 0.512 bits per heavy atom. The molecule has 0 aliphatic carbocycles. The molecule has 0 saturated heterocycles. The predicted octanol–water partition coefficient (Wildman–Crippen LogP) is 13.7. The van der Waals surface area contributed by atoms with Crippen molar-refractivity contribution in [2.75, 3.05) is 0 Å². The molecule has 7 heteroatoms. The smallest absolute Gasteiger partial charge is 0.0711 e. The Balaban J connectivity index is 5.33.